The standard InChI is InChI=1S/C22H32N4O2S.HI/c1-4-23-22(25-13-6-7-15-29-3)26-17-18-12-14-24-21(16-18)28-20-10-8-19(9-11-20)27-5-2;/h8-12,14,16H,4-7,13,15,17H2,1-3H3,(H2,23,25,26);1H. The number of hydrogen-bond acceptors (Lipinski definition) is 5. The van der Waals surface area contributed by atoms with Crippen molar-refractivity contribution in [3.05, 3.63) is 48.2 Å². The Morgan fingerprint density at radius 1 is 1.07 bits per heavy atom. The lowest BCUT2D eigenvalue weighted by Crippen LogP contribution is -2.37. The van der Waals surface area contributed by atoms with E-state index in [1.54, 1.807) is 6.20 Å². The summed E-state index contributed by atoms with van der Waals surface area (Å²) in [5, 5.41) is 6.68. The number of pyridine rings is 1. The van der Waals surface area contributed by atoms with Gasteiger partial charge >= 0.3 is 0 Å². The van der Waals surface area contributed by atoms with Crippen LogP contribution in [0.15, 0.2) is 47.6 Å². The summed E-state index contributed by atoms with van der Waals surface area (Å²) in [5.74, 6) is 4.14. The van der Waals surface area contributed by atoms with E-state index in [2.05, 4.69) is 33.8 Å². The topological polar surface area (TPSA) is 67.8 Å². The summed E-state index contributed by atoms with van der Waals surface area (Å²) in [6.07, 6.45) is 6.24. The van der Waals surface area contributed by atoms with Gasteiger partial charge in [-0.2, -0.15) is 11.8 Å². The molecule has 2 N–H and O–H groups in total. The van der Waals surface area contributed by atoms with Crippen molar-refractivity contribution in [1.29, 1.82) is 0 Å². The van der Waals surface area contributed by atoms with E-state index in [0.29, 0.717) is 19.0 Å². The highest BCUT2D eigenvalue weighted by molar-refractivity contribution is 14.0. The highest BCUT2D eigenvalue weighted by atomic mass is 127. The Hall–Kier alpha value is -1.68. The lowest BCUT2D eigenvalue weighted by molar-refractivity contribution is 0.339. The fourth-order valence-corrected chi connectivity index (χ4v) is 3.08. The van der Waals surface area contributed by atoms with Gasteiger partial charge in [-0.15, -0.1) is 24.0 Å². The van der Waals surface area contributed by atoms with Crippen LogP contribution in [0.25, 0.3) is 0 Å². The number of aromatic nitrogens is 1. The van der Waals surface area contributed by atoms with Gasteiger partial charge in [0.15, 0.2) is 5.96 Å². The molecule has 30 heavy (non-hydrogen) atoms. The number of benzene rings is 1. The van der Waals surface area contributed by atoms with Crippen LogP contribution >= 0.6 is 35.7 Å². The van der Waals surface area contributed by atoms with Crippen molar-refractivity contribution in [2.75, 3.05) is 31.7 Å². The second kappa shape index (κ2) is 16.1. The van der Waals surface area contributed by atoms with Gasteiger partial charge in [0, 0.05) is 25.4 Å². The molecule has 166 valence electrons. The molecule has 0 aliphatic carbocycles. The number of halogens is 1. The van der Waals surface area contributed by atoms with Crippen LogP contribution in [0.2, 0.25) is 0 Å². The van der Waals surface area contributed by atoms with Crippen LogP contribution in [0.1, 0.15) is 32.3 Å². The summed E-state index contributed by atoms with van der Waals surface area (Å²) in [5.41, 5.74) is 1.04. The van der Waals surface area contributed by atoms with Crippen molar-refractivity contribution < 1.29 is 9.47 Å². The lowest BCUT2D eigenvalue weighted by atomic mass is 10.2. The van der Waals surface area contributed by atoms with E-state index in [1.807, 2.05) is 55.1 Å². The van der Waals surface area contributed by atoms with E-state index < -0.39 is 0 Å². The van der Waals surface area contributed by atoms with Crippen LogP contribution in [0.3, 0.4) is 0 Å². The van der Waals surface area contributed by atoms with Gasteiger partial charge in [-0.25, -0.2) is 9.98 Å². The van der Waals surface area contributed by atoms with Crippen molar-refractivity contribution in [2.24, 2.45) is 4.99 Å². The molecular weight excluding hydrogens is 511 g/mol. The van der Waals surface area contributed by atoms with Gasteiger partial charge in [-0.1, -0.05) is 0 Å². The quantitative estimate of drug-likeness (QED) is 0.168. The second-order valence-corrected chi connectivity index (χ2v) is 7.32. The Kier molecular flexibility index (Phi) is 14.1. The van der Waals surface area contributed by atoms with Gasteiger partial charge < -0.3 is 20.1 Å². The second-order valence-electron chi connectivity index (χ2n) is 6.33. The van der Waals surface area contributed by atoms with Crippen molar-refractivity contribution in [3.8, 4) is 17.4 Å². The van der Waals surface area contributed by atoms with Crippen molar-refractivity contribution in [3.63, 3.8) is 0 Å². The molecule has 0 bridgehead atoms. The molecule has 0 amide bonds. The molecular formula is C22H33IN4O2S. The predicted molar refractivity (Wildman–Crippen MR) is 138 cm³/mol. The number of nitrogens with zero attached hydrogens (tertiary/aromatic N) is 2. The first-order chi connectivity index (χ1) is 14.2. The van der Waals surface area contributed by atoms with Gasteiger partial charge in [0.05, 0.1) is 13.2 Å². The maximum absolute atomic E-state index is 5.86. The Balaban J connectivity index is 0.00000450. The third kappa shape index (κ3) is 10.4. The number of unbranched alkanes of at least 4 members (excludes halogenated alkanes) is 1. The van der Waals surface area contributed by atoms with Gasteiger partial charge in [0.1, 0.15) is 11.5 Å². The number of ether oxygens (including phenoxy) is 2. The SMILES string of the molecule is CCNC(=NCc1ccnc(Oc2ccc(OCC)cc2)c1)NCCCCSC.I. The largest absolute Gasteiger partial charge is 0.494 e. The van der Waals surface area contributed by atoms with E-state index >= 15 is 0 Å². The maximum Gasteiger partial charge on any atom is 0.219 e. The predicted octanol–water partition coefficient (Wildman–Crippen LogP) is 5.09. The molecule has 0 aliphatic heterocycles. The Labute approximate surface area is 201 Å². The van der Waals surface area contributed by atoms with Crippen LogP contribution in [0, 0.1) is 0 Å². The number of guanidine groups is 1. The number of rotatable bonds is 12. The average molecular weight is 545 g/mol. The molecule has 1 heterocycles. The summed E-state index contributed by atoms with van der Waals surface area (Å²) in [4.78, 5) is 8.97. The summed E-state index contributed by atoms with van der Waals surface area (Å²) in [6.45, 7) is 6.99. The molecule has 0 saturated heterocycles. The van der Waals surface area contributed by atoms with Crippen LogP contribution < -0.4 is 20.1 Å². The van der Waals surface area contributed by atoms with E-state index in [9.17, 15) is 0 Å². The first-order valence-electron chi connectivity index (χ1n) is 10.1. The Bertz CT molecular complexity index is 744. The molecule has 0 saturated carbocycles. The normalized spacial score (nSPS) is 10.8. The zero-order valence-electron chi connectivity index (χ0n) is 18.0. The maximum atomic E-state index is 5.86. The summed E-state index contributed by atoms with van der Waals surface area (Å²) in [7, 11) is 0. The molecule has 0 aliphatic rings. The van der Waals surface area contributed by atoms with Crippen LogP contribution in [-0.2, 0) is 6.54 Å². The lowest BCUT2D eigenvalue weighted by Gasteiger charge is -2.11. The molecule has 1 aromatic carbocycles. The van der Waals surface area contributed by atoms with E-state index in [0.717, 1.165) is 42.5 Å². The Morgan fingerprint density at radius 2 is 1.83 bits per heavy atom. The van der Waals surface area contributed by atoms with E-state index in [4.69, 9.17) is 9.47 Å². The van der Waals surface area contributed by atoms with Gasteiger partial charge in [0.25, 0.3) is 0 Å². The first kappa shape index (κ1) is 26.4. The molecule has 6 nitrogen and oxygen atoms in total. The minimum atomic E-state index is 0. The average Bonchev–Trinajstić information content (AvgIpc) is 2.74. The molecule has 0 atom stereocenters. The third-order valence-corrected chi connectivity index (χ3v) is 4.68. The molecule has 0 radical (unpaired) electrons. The molecule has 0 fully saturated rings. The van der Waals surface area contributed by atoms with Crippen LogP contribution in [0.5, 0.6) is 17.4 Å². The number of nitrogens with one attached hydrogen (secondary N) is 2. The smallest absolute Gasteiger partial charge is 0.219 e. The fourth-order valence-electron chi connectivity index (χ4n) is 2.59. The molecule has 0 unspecified atom stereocenters. The molecule has 8 heteroatoms. The molecule has 0 spiro atoms. The van der Waals surface area contributed by atoms with Crippen LogP contribution in [-0.4, -0.2) is 42.6 Å². The highest BCUT2D eigenvalue weighted by Crippen LogP contribution is 2.23. The number of aliphatic imine (C=N–C) groups is 1. The highest BCUT2D eigenvalue weighted by Gasteiger charge is 2.03. The van der Waals surface area contributed by atoms with Gasteiger partial charge in [-0.3, -0.25) is 0 Å². The van der Waals surface area contributed by atoms with E-state index in [1.165, 1.54) is 12.2 Å². The van der Waals surface area contributed by atoms with Crippen molar-refractivity contribution >= 4 is 41.7 Å². The summed E-state index contributed by atoms with van der Waals surface area (Å²) in [6, 6.07) is 11.4. The fraction of sp³-hybridized carbons (Fsp3) is 0.455. The van der Waals surface area contributed by atoms with Gasteiger partial charge in [-0.05, 0) is 74.6 Å². The van der Waals surface area contributed by atoms with Gasteiger partial charge in [0.2, 0.25) is 5.88 Å². The van der Waals surface area contributed by atoms with Crippen LogP contribution in [0.4, 0.5) is 0 Å². The third-order valence-electron chi connectivity index (χ3n) is 3.99. The van der Waals surface area contributed by atoms with Crippen molar-refractivity contribution in [1.82, 2.24) is 15.6 Å². The summed E-state index contributed by atoms with van der Waals surface area (Å²) < 4.78 is 11.3. The summed E-state index contributed by atoms with van der Waals surface area (Å²) >= 11 is 1.89. The zero-order chi connectivity index (χ0) is 20.7. The number of hydrogen-bond donors (Lipinski definition) is 2. The first-order valence-corrected chi connectivity index (χ1v) is 11.5. The van der Waals surface area contributed by atoms with E-state index in [-0.39, 0.29) is 24.0 Å². The minimum absolute atomic E-state index is 0. The molecule has 2 aromatic rings. The minimum Gasteiger partial charge on any atom is -0.494 e. The molecule has 1 aromatic heterocycles. The Morgan fingerprint density at radius 3 is 2.53 bits per heavy atom. The molecule has 2 rings (SSSR count). The monoisotopic (exact) mass is 544 g/mol. The van der Waals surface area contributed by atoms with Crippen molar-refractivity contribution in [2.45, 2.75) is 33.2 Å². The zero-order valence-corrected chi connectivity index (χ0v) is 21.2. The number of thioether (sulfide) groups is 1.